The van der Waals surface area contributed by atoms with E-state index in [1.807, 2.05) is 54.6 Å². The van der Waals surface area contributed by atoms with Gasteiger partial charge < -0.3 is 9.15 Å². The van der Waals surface area contributed by atoms with E-state index < -0.39 is 12.1 Å². The molecule has 0 spiro atoms. The van der Waals surface area contributed by atoms with Gasteiger partial charge in [-0.25, -0.2) is 0 Å². The van der Waals surface area contributed by atoms with Gasteiger partial charge in [0, 0.05) is 17.0 Å². The zero-order valence-electron chi connectivity index (χ0n) is 15.1. The molecule has 1 N–H and O–H groups in total. The predicted octanol–water partition coefficient (Wildman–Crippen LogP) is 4.01. The SMILES string of the molecule is COc1ccccc1CN[C@@H](c1ccccc1)[C@@H](Cc1ccco1)[N+](=O)[O-]. The Morgan fingerprint density at radius 3 is 2.48 bits per heavy atom. The van der Waals surface area contributed by atoms with E-state index in [9.17, 15) is 10.1 Å². The number of hydrogen-bond acceptors (Lipinski definition) is 5. The van der Waals surface area contributed by atoms with Crippen molar-refractivity contribution < 1.29 is 14.1 Å². The lowest BCUT2D eigenvalue weighted by Crippen LogP contribution is -2.38. The van der Waals surface area contributed by atoms with Crippen molar-refractivity contribution in [1.29, 1.82) is 0 Å². The minimum atomic E-state index is -0.867. The smallest absolute Gasteiger partial charge is 0.239 e. The standard InChI is InChI=1S/C21H22N2O4/c1-26-20-12-6-5-10-17(20)15-22-21(16-8-3-2-4-9-16)19(23(24)25)14-18-11-7-13-27-18/h2-13,19,21-22H,14-15H2,1H3/t19-,21+/m1/s1. The molecule has 1 aromatic heterocycles. The quantitative estimate of drug-likeness (QED) is 0.457. The largest absolute Gasteiger partial charge is 0.496 e. The summed E-state index contributed by atoms with van der Waals surface area (Å²) in [6.07, 6.45) is 1.74. The maximum Gasteiger partial charge on any atom is 0.239 e. The van der Waals surface area contributed by atoms with Crippen LogP contribution in [0.15, 0.2) is 77.4 Å². The Labute approximate surface area is 157 Å². The first kappa shape index (κ1) is 18.7. The van der Waals surface area contributed by atoms with Gasteiger partial charge in [-0.15, -0.1) is 0 Å². The minimum Gasteiger partial charge on any atom is -0.496 e. The van der Waals surface area contributed by atoms with Gasteiger partial charge in [-0.05, 0) is 23.8 Å². The zero-order chi connectivity index (χ0) is 19.1. The van der Waals surface area contributed by atoms with Gasteiger partial charge in [0.1, 0.15) is 17.6 Å². The molecule has 0 aliphatic carbocycles. The van der Waals surface area contributed by atoms with Crippen LogP contribution >= 0.6 is 0 Å². The number of methoxy groups -OCH3 is 1. The second-order valence-corrected chi connectivity index (χ2v) is 6.22. The number of furan rings is 1. The second-order valence-electron chi connectivity index (χ2n) is 6.22. The molecule has 140 valence electrons. The summed E-state index contributed by atoms with van der Waals surface area (Å²) >= 11 is 0. The molecule has 3 aromatic rings. The number of rotatable bonds is 9. The fraction of sp³-hybridized carbons (Fsp3) is 0.238. The van der Waals surface area contributed by atoms with Gasteiger partial charge in [0.25, 0.3) is 0 Å². The monoisotopic (exact) mass is 366 g/mol. The van der Waals surface area contributed by atoms with Gasteiger partial charge in [0.2, 0.25) is 6.04 Å². The summed E-state index contributed by atoms with van der Waals surface area (Å²) in [5, 5.41) is 15.2. The predicted molar refractivity (Wildman–Crippen MR) is 102 cm³/mol. The molecule has 0 fully saturated rings. The van der Waals surface area contributed by atoms with Crippen molar-refractivity contribution in [2.45, 2.75) is 25.0 Å². The average Bonchev–Trinajstić information content (AvgIpc) is 3.21. The fourth-order valence-corrected chi connectivity index (χ4v) is 3.15. The Morgan fingerprint density at radius 2 is 1.81 bits per heavy atom. The summed E-state index contributed by atoms with van der Waals surface area (Å²) in [4.78, 5) is 11.6. The van der Waals surface area contributed by atoms with Crippen LogP contribution < -0.4 is 10.1 Å². The Balaban J connectivity index is 1.87. The van der Waals surface area contributed by atoms with Gasteiger partial charge in [0.15, 0.2) is 0 Å². The highest BCUT2D eigenvalue weighted by Crippen LogP contribution is 2.25. The molecule has 0 amide bonds. The van der Waals surface area contributed by atoms with E-state index in [1.165, 1.54) is 6.26 Å². The summed E-state index contributed by atoms with van der Waals surface area (Å²) < 4.78 is 10.7. The van der Waals surface area contributed by atoms with E-state index in [4.69, 9.17) is 9.15 Å². The number of para-hydroxylation sites is 1. The first-order chi connectivity index (χ1) is 13.2. The third-order valence-corrected chi connectivity index (χ3v) is 4.51. The van der Waals surface area contributed by atoms with Crippen LogP contribution in [0.2, 0.25) is 0 Å². The molecule has 27 heavy (non-hydrogen) atoms. The lowest BCUT2D eigenvalue weighted by atomic mass is 9.96. The van der Waals surface area contributed by atoms with Crippen molar-refractivity contribution >= 4 is 0 Å². The molecule has 1 heterocycles. The van der Waals surface area contributed by atoms with Crippen molar-refractivity contribution in [3.05, 3.63) is 100.0 Å². The molecule has 0 saturated carbocycles. The molecule has 6 heteroatoms. The third kappa shape index (κ3) is 4.74. The number of ether oxygens (including phenoxy) is 1. The topological polar surface area (TPSA) is 77.5 Å². The first-order valence-corrected chi connectivity index (χ1v) is 8.75. The van der Waals surface area contributed by atoms with Crippen LogP contribution in [0, 0.1) is 10.1 Å². The van der Waals surface area contributed by atoms with Crippen LogP contribution in [0.1, 0.15) is 22.9 Å². The number of nitro groups is 1. The number of hydrogen-bond donors (Lipinski definition) is 1. The number of nitrogens with zero attached hydrogens (tertiary/aromatic N) is 1. The highest BCUT2D eigenvalue weighted by Gasteiger charge is 2.33. The first-order valence-electron chi connectivity index (χ1n) is 8.75. The second kappa shape index (κ2) is 9.00. The molecule has 0 aliphatic heterocycles. The summed E-state index contributed by atoms with van der Waals surface area (Å²) in [5.41, 5.74) is 1.81. The van der Waals surface area contributed by atoms with E-state index in [0.29, 0.717) is 12.3 Å². The molecule has 2 atom stereocenters. The normalized spacial score (nSPS) is 13.1. The molecule has 6 nitrogen and oxygen atoms in total. The molecule has 3 rings (SSSR count). The van der Waals surface area contributed by atoms with Gasteiger partial charge in [0.05, 0.1) is 19.8 Å². The van der Waals surface area contributed by atoms with Crippen LogP contribution in [-0.4, -0.2) is 18.1 Å². The van der Waals surface area contributed by atoms with E-state index in [0.717, 1.165) is 16.9 Å². The molecule has 2 aromatic carbocycles. The minimum absolute atomic E-state index is 0.207. The summed E-state index contributed by atoms with van der Waals surface area (Å²) in [6.45, 7) is 0.450. The van der Waals surface area contributed by atoms with Crippen molar-refractivity contribution in [1.82, 2.24) is 5.32 Å². The number of nitrogens with one attached hydrogen (secondary N) is 1. The van der Waals surface area contributed by atoms with Crippen LogP contribution in [0.25, 0.3) is 0 Å². The number of benzene rings is 2. The van der Waals surface area contributed by atoms with Gasteiger partial charge in [-0.1, -0.05) is 48.5 Å². The van der Waals surface area contributed by atoms with Gasteiger partial charge in [-0.2, -0.15) is 0 Å². The maximum absolute atomic E-state index is 11.9. The summed E-state index contributed by atoms with van der Waals surface area (Å²) in [5.74, 6) is 1.34. The van der Waals surface area contributed by atoms with Gasteiger partial charge >= 0.3 is 0 Å². The van der Waals surface area contributed by atoms with Crippen molar-refractivity contribution in [2.24, 2.45) is 0 Å². The molecule has 0 bridgehead atoms. The fourth-order valence-electron chi connectivity index (χ4n) is 3.15. The van der Waals surface area contributed by atoms with Crippen molar-refractivity contribution in [3.63, 3.8) is 0 Å². The Bertz CT molecular complexity index is 850. The summed E-state index contributed by atoms with van der Waals surface area (Å²) in [7, 11) is 1.62. The lowest BCUT2D eigenvalue weighted by Gasteiger charge is -2.23. The van der Waals surface area contributed by atoms with E-state index in [-0.39, 0.29) is 11.3 Å². The Morgan fingerprint density at radius 1 is 1.07 bits per heavy atom. The third-order valence-electron chi connectivity index (χ3n) is 4.51. The van der Waals surface area contributed by atoms with Crippen LogP contribution in [-0.2, 0) is 13.0 Å². The molecular weight excluding hydrogens is 344 g/mol. The van der Waals surface area contributed by atoms with Crippen molar-refractivity contribution in [3.8, 4) is 5.75 Å². The summed E-state index contributed by atoms with van der Waals surface area (Å²) in [6, 6.07) is 19.3. The zero-order valence-corrected chi connectivity index (χ0v) is 15.1. The van der Waals surface area contributed by atoms with Crippen LogP contribution in [0.5, 0.6) is 5.75 Å². The molecular formula is C21H22N2O4. The van der Waals surface area contributed by atoms with Crippen LogP contribution in [0.3, 0.4) is 0 Å². The van der Waals surface area contributed by atoms with E-state index in [1.54, 1.807) is 19.2 Å². The van der Waals surface area contributed by atoms with Crippen molar-refractivity contribution in [2.75, 3.05) is 7.11 Å². The molecule has 0 saturated heterocycles. The molecule has 0 radical (unpaired) electrons. The van der Waals surface area contributed by atoms with E-state index in [2.05, 4.69) is 5.32 Å². The van der Waals surface area contributed by atoms with E-state index >= 15 is 0 Å². The maximum atomic E-state index is 11.9. The lowest BCUT2D eigenvalue weighted by molar-refractivity contribution is -0.528. The van der Waals surface area contributed by atoms with Crippen LogP contribution in [0.4, 0.5) is 0 Å². The Kier molecular flexibility index (Phi) is 6.22. The highest BCUT2D eigenvalue weighted by molar-refractivity contribution is 5.33. The Hall–Kier alpha value is -3.12. The molecule has 0 unspecified atom stereocenters. The van der Waals surface area contributed by atoms with Gasteiger partial charge in [-0.3, -0.25) is 15.4 Å². The highest BCUT2D eigenvalue weighted by atomic mass is 16.6. The molecule has 0 aliphatic rings. The average molecular weight is 366 g/mol.